The van der Waals surface area contributed by atoms with Crippen molar-refractivity contribution in [2.75, 3.05) is 18.6 Å². The topological polar surface area (TPSA) is 49.9 Å². The summed E-state index contributed by atoms with van der Waals surface area (Å²) in [6.45, 7) is -0.404. The molecule has 5 nitrogen and oxygen atoms in total. The van der Waals surface area contributed by atoms with Crippen LogP contribution in [-0.4, -0.2) is 30.7 Å². The Kier molecular flexibility index (Phi) is 3.19. The highest BCUT2D eigenvalue weighted by molar-refractivity contribution is 6.15. The molecular weight excluding hydrogens is 265 g/mol. The summed E-state index contributed by atoms with van der Waals surface area (Å²) in [5.74, 6) is -0.720. The highest BCUT2D eigenvalue weighted by atomic mass is 19.4. The lowest BCUT2D eigenvalue weighted by atomic mass is 10.2. The molecule has 19 heavy (non-hydrogen) atoms. The van der Waals surface area contributed by atoms with Gasteiger partial charge in [0.25, 0.3) is 5.91 Å². The van der Waals surface area contributed by atoms with Crippen molar-refractivity contribution in [3.05, 3.63) is 29.8 Å². The molecule has 1 aromatic rings. The van der Waals surface area contributed by atoms with Gasteiger partial charge in [0.2, 0.25) is 0 Å². The van der Waals surface area contributed by atoms with Crippen LogP contribution in [0.2, 0.25) is 0 Å². The fourth-order valence-electron chi connectivity index (χ4n) is 1.60. The highest BCUT2D eigenvalue weighted by Crippen LogP contribution is 2.32. The molecule has 1 heterocycles. The molecule has 102 valence electrons. The first-order chi connectivity index (χ1) is 8.80. The minimum atomic E-state index is -4.54. The number of halogens is 3. The van der Waals surface area contributed by atoms with Crippen LogP contribution in [0.15, 0.2) is 24.3 Å². The van der Waals surface area contributed by atoms with E-state index in [2.05, 4.69) is 0 Å². The van der Waals surface area contributed by atoms with Gasteiger partial charge in [-0.3, -0.25) is 9.63 Å². The number of hydroxylamine groups is 2. The average Bonchev–Trinajstić information content (AvgIpc) is 2.34. The molecule has 0 aromatic heterocycles. The summed E-state index contributed by atoms with van der Waals surface area (Å²) < 4.78 is 37.7. The third kappa shape index (κ3) is 2.53. The Balaban J connectivity index is 2.40. The third-order valence-electron chi connectivity index (χ3n) is 2.52. The largest absolute Gasteiger partial charge is 0.416 e. The van der Waals surface area contributed by atoms with E-state index in [-0.39, 0.29) is 5.69 Å². The van der Waals surface area contributed by atoms with E-state index in [4.69, 9.17) is 4.84 Å². The van der Waals surface area contributed by atoms with Crippen LogP contribution in [0.1, 0.15) is 5.56 Å². The number of benzene rings is 1. The summed E-state index contributed by atoms with van der Waals surface area (Å²) >= 11 is 0. The van der Waals surface area contributed by atoms with Crippen LogP contribution in [0.5, 0.6) is 0 Å². The van der Waals surface area contributed by atoms with E-state index in [0.717, 1.165) is 23.3 Å². The van der Waals surface area contributed by atoms with Gasteiger partial charge in [-0.05, 0) is 18.2 Å². The average molecular weight is 274 g/mol. The maximum Gasteiger partial charge on any atom is 0.416 e. The quantitative estimate of drug-likeness (QED) is 0.787. The van der Waals surface area contributed by atoms with Crippen LogP contribution in [0.3, 0.4) is 0 Å². The minimum Gasteiger partial charge on any atom is -0.271 e. The first-order valence-corrected chi connectivity index (χ1v) is 5.21. The predicted molar refractivity (Wildman–Crippen MR) is 58.0 cm³/mol. The Labute approximate surface area is 106 Å². The lowest BCUT2D eigenvalue weighted by Gasteiger charge is -2.30. The van der Waals surface area contributed by atoms with Crippen molar-refractivity contribution in [3.8, 4) is 0 Å². The maximum atomic E-state index is 12.6. The van der Waals surface area contributed by atoms with Gasteiger partial charge in [0.1, 0.15) is 0 Å². The fourth-order valence-corrected chi connectivity index (χ4v) is 1.60. The minimum absolute atomic E-state index is 0.139. The van der Waals surface area contributed by atoms with Gasteiger partial charge in [0, 0.05) is 7.05 Å². The van der Waals surface area contributed by atoms with E-state index in [1.165, 1.54) is 13.1 Å². The number of rotatable bonds is 1. The normalized spacial score (nSPS) is 17.1. The number of alkyl halides is 3. The number of hydrogen-bond acceptors (Lipinski definition) is 3. The van der Waals surface area contributed by atoms with E-state index < -0.39 is 30.3 Å². The lowest BCUT2D eigenvalue weighted by Crippen LogP contribution is -2.52. The second kappa shape index (κ2) is 4.54. The van der Waals surface area contributed by atoms with Gasteiger partial charge >= 0.3 is 12.2 Å². The number of carbonyl (C=O) groups excluding carboxylic acids is 2. The maximum absolute atomic E-state index is 12.6. The summed E-state index contributed by atoms with van der Waals surface area (Å²) in [4.78, 5) is 28.7. The van der Waals surface area contributed by atoms with Crippen LogP contribution < -0.4 is 4.90 Å². The molecule has 1 saturated heterocycles. The number of hydrogen-bond donors (Lipinski definition) is 0. The van der Waals surface area contributed by atoms with Gasteiger partial charge in [0.05, 0.1) is 11.3 Å². The summed E-state index contributed by atoms with van der Waals surface area (Å²) in [5, 5.41) is 0.793. The molecule has 0 spiro atoms. The van der Waals surface area contributed by atoms with Crippen LogP contribution in [0.4, 0.5) is 23.7 Å². The van der Waals surface area contributed by atoms with Crippen molar-refractivity contribution in [2.24, 2.45) is 0 Å². The van der Waals surface area contributed by atoms with E-state index in [9.17, 15) is 22.8 Å². The predicted octanol–water partition coefficient (Wildman–Crippen LogP) is 2.04. The van der Waals surface area contributed by atoms with Crippen molar-refractivity contribution >= 4 is 17.6 Å². The number of carbonyl (C=O) groups is 2. The van der Waals surface area contributed by atoms with Gasteiger partial charge < -0.3 is 0 Å². The van der Waals surface area contributed by atoms with E-state index in [1.807, 2.05) is 0 Å². The van der Waals surface area contributed by atoms with E-state index in [1.54, 1.807) is 0 Å². The van der Waals surface area contributed by atoms with Gasteiger partial charge in [-0.1, -0.05) is 6.07 Å². The molecule has 1 aromatic carbocycles. The zero-order valence-electron chi connectivity index (χ0n) is 9.77. The smallest absolute Gasteiger partial charge is 0.271 e. The van der Waals surface area contributed by atoms with Crippen molar-refractivity contribution in [1.29, 1.82) is 0 Å². The van der Waals surface area contributed by atoms with Gasteiger partial charge in [-0.15, -0.1) is 0 Å². The van der Waals surface area contributed by atoms with Crippen molar-refractivity contribution in [3.63, 3.8) is 0 Å². The molecule has 2 rings (SSSR count). The van der Waals surface area contributed by atoms with E-state index in [0.29, 0.717) is 4.90 Å². The molecule has 8 heteroatoms. The van der Waals surface area contributed by atoms with Gasteiger partial charge in [-0.2, -0.15) is 13.2 Å². The number of urea groups is 1. The zero-order valence-corrected chi connectivity index (χ0v) is 9.77. The second-order valence-electron chi connectivity index (χ2n) is 3.83. The van der Waals surface area contributed by atoms with Gasteiger partial charge in [-0.25, -0.2) is 14.8 Å². The molecule has 0 aliphatic carbocycles. The van der Waals surface area contributed by atoms with Crippen LogP contribution in [0.25, 0.3) is 0 Å². The molecule has 1 aliphatic rings. The molecule has 0 unspecified atom stereocenters. The molecule has 0 N–H and O–H groups in total. The van der Waals surface area contributed by atoms with Crippen molar-refractivity contribution in [1.82, 2.24) is 5.06 Å². The Bertz CT molecular complexity index is 530. The SMILES string of the molecule is CN1OCC(=O)N(c2cccc(C(F)(F)F)c2)C1=O. The molecular formula is C11H9F3N2O3. The molecule has 0 bridgehead atoms. The molecule has 3 amide bonds. The van der Waals surface area contributed by atoms with Crippen LogP contribution in [0, 0.1) is 0 Å². The van der Waals surface area contributed by atoms with Crippen molar-refractivity contribution in [2.45, 2.75) is 6.18 Å². The number of anilines is 1. The Morgan fingerprint density at radius 1 is 1.26 bits per heavy atom. The summed E-state index contributed by atoms with van der Waals surface area (Å²) in [5.41, 5.74) is -1.07. The Morgan fingerprint density at radius 2 is 1.95 bits per heavy atom. The standard InChI is InChI=1S/C11H9F3N2O3/c1-15-10(18)16(9(17)6-19-15)8-4-2-3-7(5-8)11(12,13)14/h2-5H,6H2,1H3. The molecule has 0 saturated carbocycles. The van der Waals surface area contributed by atoms with E-state index >= 15 is 0 Å². The van der Waals surface area contributed by atoms with Crippen LogP contribution >= 0.6 is 0 Å². The number of nitrogens with zero attached hydrogens (tertiary/aromatic N) is 2. The number of amides is 3. The molecule has 0 radical (unpaired) electrons. The zero-order chi connectivity index (χ0) is 14.2. The third-order valence-corrected chi connectivity index (χ3v) is 2.52. The van der Waals surface area contributed by atoms with Crippen LogP contribution in [-0.2, 0) is 15.8 Å². The summed E-state index contributed by atoms with van der Waals surface area (Å²) in [7, 11) is 1.27. The number of imide groups is 1. The first kappa shape index (κ1) is 13.3. The monoisotopic (exact) mass is 274 g/mol. The molecule has 1 aliphatic heterocycles. The Hall–Kier alpha value is -2.09. The fraction of sp³-hybridized carbons (Fsp3) is 0.273. The van der Waals surface area contributed by atoms with Gasteiger partial charge in [0.15, 0.2) is 6.61 Å². The summed E-state index contributed by atoms with van der Waals surface area (Å²) in [6, 6.07) is 3.16. The van der Waals surface area contributed by atoms with Crippen molar-refractivity contribution < 1.29 is 27.6 Å². The lowest BCUT2D eigenvalue weighted by molar-refractivity contribution is -0.148. The highest BCUT2D eigenvalue weighted by Gasteiger charge is 2.35. The Morgan fingerprint density at radius 3 is 2.58 bits per heavy atom. The second-order valence-corrected chi connectivity index (χ2v) is 3.83. The first-order valence-electron chi connectivity index (χ1n) is 5.21. The molecule has 1 fully saturated rings. The molecule has 0 atom stereocenters. The summed E-state index contributed by atoms with van der Waals surface area (Å²) in [6.07, 6.45) is -4.54.